The maximum absolute atomic E-state index is 14.4. The lowest BCUT2D eigenvalue weighted by molar-refractivity contribution is -0.131. The summed E-state index contributed by atoms with van der Waals surface area (Å²) in [6, 6.07) is 7.99. The molecule has 2 amide bonds. The number of nitrogens with zero attached hydrogens (tertiary/aromatic N) is 3. The van der Waals surface area contributed by atoms with Gasteiger partial charge < -0.3 is 14.5 Å². The molecule has 2 aromatic rings. The molecule has 7 heteroatoms. The summed E-state index contributed by atoms with van der Waals surface area (Å²) >= 11 is 0. The van der Waals surface area contributed by atoms with Crippen molar-refractivity contribution < 1.29 is 18.7 Å². The maximum atomic E-state index is 14.4. The highest BCUT2D eigenvalue weighted by molar-refractivity contribution is 5.91. The first-order valence-corrected chi connectivity index (χ1v) is 11.2. The number of ether oxygens (including phenoxy) is 1. The number of rotatable bonds is 6. The SMILES string of the molecule is O=C(/C=C/c1ccc(Oc2cccnc2)c(F)c1)N1CCC(CC(=O)N2CCCC2)CC1. The number of aromatic nitrogens is 1. The Morgan fingerprint density at radius 1 is 1.09 bits per heavy atom. The van der Waals surface area contributed by atoms with Crippen molar-refractivity contribution in [2.24, 2.45) is 5.92 Å². The molecule has 6 nitrogen and oxygen atoms in total. The molecule has 0 unspecified atom stereocenters. The molecule has 0 atom stereocenters. The Morgan fingerprint density at radius 2 is 1.88 bits per heavy atom. The summed E-state index contributed by atoms with van der Waals surface area (Å²) in [5, 5.41) is 0. The standard InChI is InChI=1S/C25H28FN3O3/c26-22-16-19(5-7-23(22)32-21-4-3-11-27-18-21)6-8-24(30)29-14-9-20(10-15-29)17-25(31)28-12-1-2-13-28/h3-8,11,16,18,20H,1-2,9-10,12-15,17H2/b8-6+. The molecule has 1 aromatic carbocycles. The molecular formula is C25H28FN3O3. The molecule has 168 valence electrons. The summed E-state index contributed by atoms with van der Waals surface area (Å²) in [5.41, 5.74) is 0.584. The van der Waals surface area contributed by atoms with Gasteiger partial charge in [-0.1, -0.05) is 6.07 Å². The van der Waals surface area contributed by atoms with E-state index in [-0.39, 0.29) is 17.6 Å². The molecule has 0 aliphatic carbocycles. The highest BCUT2D eigenvalue weighted by Gasteiger charge is 2.26. The zero-order chi connectivity index (χ0) is 22.3. The maximum Gasteiger partial charge on any atom is 0.246 e. The van der Waals surface area contributed by atoms with Gasteiger partial charge in [-0.15, -0.1) is 0 Å². The Labute approximate surface area is 187 Å². The van der Waals surface area contributed by atoms with Crippen LogP contribution in [0.5, 0.6) is 11.5 Å². The van der Waals surface area contributed by atoms with Crippen LogP contribution in [0, 0.1) is 11.7 Å². The number of carbonyl (C=O) groups is 2. The molecule has 0 bridgehead atoms. The molecule has 0 saturated carbocycles. The van der Waals surface area contributed by atoms with Crippen LogP contribution >= 0.6 is 0 Å². The van der Waals surface area contributed by atoms with Crippen LogP contribution in [0.2, 0.25) is 0 Å². The van der Waals surface area contributed by atoms with Crippen LogP contribution in [0.25, 0.3) is 6.08 Å². The zero-order valence-electron chi connectivity index (χ0n) is 18.1. The number of carbonyl (C=O) groups excluding carboxylic acids is 2. The molecule has 3 heterocycles. The fourth-order valence-corrected chi connectivity index (χ4v) is 4.21. The van der Waals surface area contributed by atoms with Crippen LogP contribution in [-0.2, 0) is 9.59 Å². The molecule has 0 N–H and O–H groups in total. The minimum atomic E-state index is -0.507. The lowest BCUT2D eigenvalue weighted by Crippen LogP contribution is -2.39. The van der Waals surface area contributed by atoms with E-state index < -0.39 is 5.82 Å². The number of likely N-dealkylation sites (tertiary alicyclic amines) is 2. The van der Waals surface area contributed by atoms with E-state index in [1.165, 1.54) is 24.4 Å². The molecule has 2 saturated heterocycles. The van der Waals surface area contributed by atoms with Gasteiger partial charge in [0.25, 0.3) is 0 Å². The third-order valence-corrected chi connectivity index (χ3v) is 6.08. The first kappa shape index (κ1) is 22.0. The van der Waals surface area contributed by atoms with E-state index in [1.807, 2.05) is 4.90 Å². The van der Waals surface area contributed by atoms with Gasteiger partial charge in [0.15, 0.2) is 11.6 Å². The summed E-state index contributed by atoms with van der Waals surface area (Å²) in [6.07, 6.45) is 10.7. The van der Waals surface area contributed by atoms with Crippen LogP contribution in [0.4, 0.5) is 4.39 Å². The van der Waals surface area contributed by atoms with E-state index in [2.05, 4.69) is 4.98 Å². The lowest BCUT2D eigenvalue weighted by Gasteiger charge is -2.31. The Balaban J connectivity index is 1.26. The number of benzene rings is 1. The minimum absolute atomic E-state index is 0.0922. The normalized spacial score (nSPS) is 17.2. The van der Waals surface area contributed by atoms with E-state index in [9.17, 15) is 14.0 Å². The molecule has 2 aliphatic rings. The van der Waals surface area contributed by atoms with Gasteiger partial charge in [0.1, 0.15) is 5.75 Å². The van der Waals surface area contributed by atoms with Crippen molar-refractivity contribution in [3.63, 3.8) is 0 Å². The Hall–Kier alpha value is -3.22. The van der Waals surface area contributed by atoms with Crippen LogP contribution in [0.1, 0.15) is 37.7 Å². The average molecular weight is 438 g/mol. The Bertz CT molecular complexity index is 966. The lowest BCUT2D eigenvalue weighted by atomic mass is 9.93. The van der Waals surface area contributed by atoms with Crippen molar-refractivity contribution in [3.8, 4) is 11.5 Å². The summed E-state index contributed by atoms with van der Waals surface area (Å²) < 4.78 is 19.9. The second-order valence-electron chi connectivity index (χ2n) is 8.37. The summed E-state index contributed by atoms with van der Waals surface area (Å²) in [5.74, 6) is 0.558. The molecule has 32 heavy (non-hydrogen) atoms. The fourth-order valence-electron chi connectivity index (χ4n) is 4.21. The van der Waals surface area contributed by atoms with E-state index in [0.717, 1.165) is 38.8 Å². The smallest absolute Gasteiger partial charge is 0.246 e. The number of hydrogen-bond acceptors (Lipinski definition) is 4. The topological polar surface area (TPSA) is 62.7 Å². The van der Waals surface area contributed by atoms with Gasteiger partial charge in [-0.25, -0.2) is 4.39 Å². The number of hydrogen-bond donors (Lipinski definition) is 0. The van der Waals surface area contributed by atoms with Gasteiger partial charge in [-0.05, 0) is 67.5 Å². The van der Waals surface area contributed by atoms with E-state index in [4.69, 9.17) is 4.74 Å². The van der Waals surface area contributed by atoms with Crippen molar-refractivity contribution in [1.82, 2.24) is 14.8 Å². The predicted octanol–water partition coefficient (Wildman–Crippen LogP) is 4.28. The quantitative estimate of drug-likeness (QED) is 0.633. The second-order valence-corrected chi connectivity index (χ2v) is 8.37. The first-order chi connectivity index (χ1) is 15.6. The Morgan fingerprint density at radius 3 is 2.56 bits per heavy atom. The number of halogens is 1. The fraction of sp³-hybridized carbons (Fsp3) is 0.400. The predicted molar refractivity (Wildman–Crippen MR) is 119 cm³/mol. The molecule has 2 aliphatic heterocycles. The van der Waals surface area contributed by atoms with E-state index >= 15 is 0 Å². The van der Waals surface area contributed by atoms with Crippen molar-refractivity contribution >= 4 is 17.9 Å². The van der Waals surface area contributed by atoms with Crippen molar-refractivity contribution in [3.05, 3.63) is 60.2 Å². The van der Waals surface area contributed by atoms with Crippen molar-refractivity contribution in [2.75, 3.05) is 26.2 Å². The first-order valence-electron chi connectivity index (χ1n) is 11.2. The highest BCUT2D eigenvalue weighted by Crippen LogP contribution is 2.26. The zero-order valence-corrected chi connectivity index (χ0v) is 18.1. The molecule has 0 radical (unpaired) electrons. The molecule has 2 fully saturated rings. The number of pyridine rings is 1. The van der Waals surface area contributed by atoms with Gasteiger partial charge in [0.05, 0.1) is 6.20 Å². The van der Waals surface area contributed by atoms with Gasteiger partial charge in [0.2, 0.25) is 11.8 Å². The summed E-state index contributed by atoms with van der Waals surface area (Å²) in [6.45, 7) is 3.07. The van der Waals surface area contributed by atoms with Crippen LogP contribution in [-0.4, -0.2) is 52.8 Å². The summed E-state index contributed by atoms with van der Waals surface area (Å²) in [4.78, 5) is 32.6. The van der Waals surface area contributed by atoms with Crippen molar-refractivity contribution in [2.45, 2.75) is 32.1 Å². The molecular weight excluding hydrogens is 409 g/mol. The second kappa shape index (κ2) is 10.4. The van der Waals surface area contributed by atoms with Gasteiger partial charge >= 0.3 is 0 Å². The third kappa shape index (κ3) is 5.72. The van der Waals surface area contributed by atoms with Crippen LogP contribution < -0.4 is 4.74 Å². The molecule has 1 aromatic heterocycles. The largest absolute Gasteiger partial charge is 0.453 e. The average Bonchev–Trinajstić information content (AvgIpc) is 3.36. The molecule has 0 spiro atoms. The van der Waals surface area contributed by atoms with Gasteiger partial charge in [-0.3, -0.25) is 14.6 Å². The third-order valence-electron chi connectivity index (χ3n) is 6.08. The minimum Gasteiger partial charge on any atom is -0.453 e. The monoisotopic (exact) mass is 437 g/mol. The van der Waals surface area contributed by atoms with Crippen LogP contribution in [0.3, 0.4) is 0 Å². The Kier molecular flexibility index (Phi) is 7.14. The number of piperidine rings is 1. The van der Waals surface area contributed by atoms with E-state index in [0.29, 0.717) is 36.7 Å². The number of amides is 2. The van der Waals surface area contributed by atoms with Crippen molar-refractivity contribution in [1.29, 1.82) is 0 Å². The van der Waals surface area contributed by atoms with Gasteiger partial charge in [0, 0.05) is 44.9 Å². The van der Waals surface area contributed by atoms with Crippen LogP contribution in [0.15, 0.2) is 48.8 Å². The molecule has 4 rings (SSSR count). The van der Waals surface area contributed by atoms with E-state index in [1.54, 1.807) is 35.4 Å². The van der Waals surface area contributed by atoms with Gasteiger partial charge in [-0.2, -0.15) is 0 Å². The highest BCUT2D eigenvalue weighted by atomic mass is 19.1. The summed E-state index contributed by atoms with van der Waals surface area (Å²) in [7, 11) is 0.